The molecule has 0 atom stereocenters. The summed E-state index contributed by atoms with van der Waals surface area (Å²) in [5.74, 6) is -0.285. The molecule has 1 aliphatic carbocycles. The predicted octanol–water partition coefficient (Wildman–Crippen LogP) is 3.26. The Morgan fingerprint density at radius 3 is 2.36 bits per heavy atom. The Balaban J connectivity index is 1.70. The Morgan fingerprint density at radius 1 is 1.04 bits per heavy atom. The van der Waals surface area contributed by atoms with E-state index >= 15 is 0 Å². The van der Waals surface area contributed by atoms with Gasteiger partial charge in [0.25, 0.3) is 5.91 Å². The van der Waals surface area contributed by atoms with Crippen molar-refractivity contribution in [1.82, 2.24) is 10.2 Å². The van der Waals surface area contributed by atoms with Crippen molar-refractivity contribution in [3.63, 3.8) is 0 Å². The topological polar surface area (TPSA) is 66.5 Å². The van der Waals surface area contributed by atoms with Crippen LogP contribution < -0.4 is 5.32 Å². The molecule has 0 radical (unpaired) electrons. The summed E-state index contributed by atoms with van der Waals surface area (Å²) < 4.78 is 25.2. The molecule has 1 amide bonds. The Morgan fingerprint density at radius 2 is 1.71 bits per heavy atom. The average Bonchev–Trinajstić information content (AvgIpc) is 3.17. The standard InChI is InChI=1S/C22H28N2O3S/c1-24(2)22(13-6-7-14-22)17-23-21(25)19-10-8-9-18(15-19)16-28(26,27)20-11-4-3-5-12-20/h3-5,8-12,15H,6-7,13-14,16-17H2,1-2H3,(H,23,25). The Hall–Kier alpha value is -2.18. The first kappa shape index (κ1) is 20.6. The first-order valence-electron chi connectivity index (χ1n) is 9.65. The molecule has 5 nitrogen and oxygen atoms in total. The summed E-state index contributed by atoms with van der Waals surface area (Å²) in [6, 6.07) is 15.3. The number of nitrogens with one attached hydrogen (secondary N) is 1. The molecule has 1 aliphatic rings. The lowest BCUT2D eigenvalue weighted by molar-refractivity contribution is 0.0900. The van der Waals surface area contributed by atoms with E-state index in [1.165, 1.54) is 12.8 Å². The van der Waals surface area contributed by atoms with Crippen molar-refractivity contribution in [2.24, 2.45) is 0 Å². The van der Waals surface area contributed by atoms with Crippen molar-refractivity contribution < 1.29 is 13.2 Å². The molecule has 2 aromatic carbocycles. The van der Waals surface area contributed by atoms with E-state index in [0.717, 1.165) is 12.8 Å². The maximum Gasteiger partial charge on any atom is 0.251 e. The molecule has 0 bridgehead atoms. The normalized spacial score (nSPS) is 16.2. The fraction of sp³-hybridized carbons (Fsp3) is 0.409. The van der Waals surface area contributed by atoms with Crippen LogP contribution in [0.1, 0.15) is 41.6 Å². The lowest BCUT2D eigenvalue weighted by atomic mass is 9.96. The van der Waals surface area contributed by atoms with Gasteiger partial charge in [0.15, 0.2) is 9.84 Å². The molecule has 0 unspecified atom stereocenters. The Bertz CT molecular complexity index is 918. The number of benzene rings is 2. The van der Waals surface area contributed by atoms with E-state index in [2.05, 4.69) is 24.3 Å². The van der Waals surface area contributed by atoms with Gasteiger partial charge < -0.3 is 10.2 Å². The maximum atomic E-state index is 12.7. The second-order valence-electron chi connectivity index (χ2n) is 7.78. The number of nitrogens with zero attached hydrogens (tertiary/aromatic N) is 1. The molecule has 28 heavy (non-hydrogen) atoms. The molecule has 0 aliphatic heterocycles. The minimum Gasteiger partial charge on any atom is -0.350 e. The molecule has 3 rings (SSSR count). The third-order valence-electron chi connectivity index (χ3n) is 5.71. The number of amides is 1. The van der Waals surface area contributed by atoms with E-state index in [1.807, 2.05) is 0 Å². The smallest absolute Gasteiger partial charge is 0.251 e. The highest BCUT2D eigenvalue weighted by molar-refractivity contribution is 7.90. The van der Waals surface area contributed by atoms with Crippen LogP contribution in [0, 0.1) is 0 Å². The van der Waals surface area contributed by atoms with Gasteiger partial charge in [-0.2, -0.15) is 0 Å². The second-order valence-corrected chi connectivity index (χ2v) is 9.77. The van der Waals surface area contributed by atoms with E-state index in [-0.39, 0.29) is 17.2 Å². The number of hydrogen-bond donors (Lipinski definition) is 1. The van der Waals surface area contributed by atoms with Crippen LogP contribution in [-0.4, -0.2) is 45.4 Å². The van der Waals surface area contributed by atoms with E-state index in [1.54, 1.807) is 54.6 Å². The quantitative estimate of drug-likeness (QED) is 0.775. The summed E-state index contributed by atoms with van der Waals surface area (Å²) in [7, 11) is 0.684. The van der Waals surface area contributed by atoms with E-state index in [9.17, 15) is 13.2 Å². The number of carbonyl (C=O) groups is 1. The van der Waals surface area contributed by atoms with Crippen molar-refractivity contribution in [3.8, 4) is 0 Å². The summed E-state index contributed by atoms with van der Waals surface area (Å²) in [5.41, 5.74) is 1.12. The minimum absolute atomic E-state index is 0.0178. The average molecular weight is 401 g/mol. The number of carbonyl (C=O) groups excluding carboxylic acids is 1. The largest absolute Gasteiger partial charge is 0.350 e. The van der Waals surface area contributed by atoms with Crippen LogP contribution in [0.15, 0.2) is 59.5 Å². The molecule has 1 fully saturated rings. The van der Waals surface area contributed by atoms with Gasteiger partial charge in [-0.15, -0.1) is 0 Å². The van der Waals surface area contributed by atoms with Crippen LogP contribution in [0.3, 0.4) is 0 Å². The number of likely N-dealkylation sites (N-methyl/N-ethyl adjacent to an activating group) is 1. The first-order valence-corrected chi connectivity index (χ1v) is 11.3. The zero-order chi connectivity index (χ0) is 20.2. The summed E-state index contributed by atoms with van der Waals surface area (Å²) in [4.78, 5) is 15.2. The lowest BCUT2D eigenvalue weighted by Gasteiger charge is -2.36. The second kappa shape index (κ2) is 8.45. The summed E-state index contributed by atoms with van der Waals surface area (Å²) >= 11 is 0. The highest BCUT2D eigenvalue weighted by atomic mass is 32.2. The molecule has 0 heterocycles. The molecule has 0 aromatic heterocycles. The van der Waals surface area contributed by atoms with E-state index in [0.29, 0.717) is 22.6 Å². The van der Waals surface area contributed by atoms with Crippen LogP contribution >= 0.6 is 0 Å². The molecule has 6 heteroatoms. The molecule has 2 aromatic rings. The van der Waals surface area contributed by atoms with Gasteiger partial charge in [0, 0.05) is 17.6 Å². The number of rotatable bonds is 7. The monoisotopic (exact) mass is 400 g/mol. The molecule has 150 valence electrons. The highest BCUT2D eigenvalue weighted by Gasteiger charge is 2.36. The third-order valence-corrected chi connectivity index (χ3v) is 7.41. The third kappa shape index (κ3) is 4.62. The van der Waals surface area contributed by atoms with Crippen LogP contribution in [-0.2, 0) is 15.6 Å². The van der Waals surface area contributed by atoms with E-state index < -0.39 is 9.84 Å². The molecule has 0 saturated heterocycles. The zero-order valence-electron chi connectivity index (χ0n) is 16.5. The fourth-order valence-electron chi connectivity index (χ4n) is 3.90. The molecule has 0 spiro atoms. The Labute approximate surface area is 167 Å². The van der Waals surface area contributed by atoms with Crippen molar-refractivity contribution in [3.05, 3.63) is 65.7 Å². The van der Waals surface area contributed by atoms with Crippen molar-refractivity contribution >= 4 is 15.7 Å². The van der Waals surface area contributed by atoms with Crippen LogP contribution in [0.5, 0.6) is 0 Å². The first-order chi connectivity index (χ1) is 13.3. The predicted molar refractivity (Wildman–Crippen MR) is 111 cm³/mol. The SMILES string of the molecule is CN(C)C1(CNC(=O)c2cccc(CS(=O)(=O)c3ccccc3)c2)CCCC1. The number of hydrogen-bond acceptors (Lipinski definition) is 4. The van der Waals surface area contributed by atoms with Crippen molar-refractivity contribution in [2.75, 3.05) is 20.6 Å². The van der Waals surface area contributed by atoms with Crippen molar-refractivity contribution in [1.29, 1.82) is 0 Å². The lowest BCUT2D eigenvalue weighted by Crippen LogP contribution is -2.50. The maximum absolute atomic E-state index is 12.7. The highest BCUT2D eigenvalue weighted by Crippen LogP contribution is 2.33. The molecular formula is C22H28N2O3S. The van der Waals surface area contributed by atoms with Gasteiger partial charge in [-0.1, -0.05) is 43.2 Å². The summed E-state index contributed by atoms with van der Waals surface area (Å²) in [6.45, 7) is 0.603. The van der Waals surface area contributed by atoms with Gasteiger partial charge in [-0.25, -0.2) is 8.42 Å². The summed E-state index contributed by atoms with van der Waals surface area (Å²) in [5, 5.41) is 3.05. The fourth-order valence-corrected chi connectivity index (χ4v) is 5.25. The van der Waals surface area contributed by atoms with Gasteiger partial charge in [0.1, 0.15) is 0 Å². The van der Waals surface area contributed by atoms with Crippen molar-refractivity contribution in [2.45, 2.75) is 41.9 Å². The van der Waals surface area contributed by atoms with Crippen LogP contribution in [0.4, 0.5) is 0 Å². The van der Waals surface area contributed by atoms with Gasteiger partial charge in [0.05, 0.1) is 10.6 Å². The van der Waals surface area contributed by atoms with Crippen LogP contribution in [0.25, 0.3) is 0 Å². The van der Waals surface area contributed by atoms with Gasteiger partial charge in [0.2, 0.25) is 0 Å². The Kier molecular flexibility index (Phi) is 6.20. The van der Waals surface area contributed by atoms with Gasteiger partial charge >= 0.3 is 0 Å². The van der Waals surface area contributed by atoms with Gasteiger partial charge in [-0.3, -0.25) is 4.79 Å². The molecular weight excluding hydrogens is 372 g/mol. The van der Waals surface area contributed by atoms with E-state index in [4.69, 9.17) is 0 Å². The minimum atomic E-state index is -3.44. The van der Waals surface area contributed by atoms with Gasteiger partial charge in [-0.05, 0) is 56.8 Å². The molecule has 1 saturated carbocycles. The number of sulfone groups is 1. The zero-order valence-corrected chi connectivity index (χ0v) is 17.3. The molecule has 1 N–H and O–H groups in total. The van der Waals surface area contributed by atoms with Crippen LogP contribution in [0.2, 0.25) is 0 Å². The summed E-state index contributed by atoms with van der Waals surface area (Å²) in [6.07, 6.45) is 4.52.